The summed E-state index contributed by atoms with van der Waals surface area (Å²) in [4.78, 5) is 29.9. The zero-order chi connectivity index (χ0) is 19.1. The van der Waals surface area contributed by atoms with Crippen LogP contribution in [0.5, 0.6) is 5.75 Å². The Morgan fingerprint density at radius 1 is 1.33 bits per heavy atom. The summed E-state index contributed by atoms with van der Waals surface area (Å²) in [7, 11) is 0. The molecule has 1 aromatic heterocycles. The van der Waals surface area contributed by atoms with E-state index < -0.39 is 24.4 Å². The summed E-state index contributed by atoms with van der Waals surface area (Å²) in [5.41, 5.74) is 2.16. The van der Waals surface area contributed by atoms with Gasteiger partial charge in [0.05, 0.1) is 28.9 Å². The molecule has 6 nitrogen and oxygen atoms in total. The number of hydrogen-bond donors (Lipinski definition) is 1. The van der Waals surface area contributed by atoms with Crippen molar-refractivity contribution in [1.82, 2.24) is 4.98 Å². The van der Waals surface area contributed by atoms with E-state index in [4.69, 9.17) is 9.84 Å². The first kappa shape index (κ1) is 17.4. The number of carboxylic acids is 1. The molecular formula is C19H15FN2O4S. The number of ether oxygens (including phenoxy) is 1. The van der Waals surface area contributed by atoms with Gasteiger partial charge in [0.2, 0.25) is 0 Å². The van der Waals surface area contributed by atoms with E-state index in [1.54, 1.807) is 18.2 Å². The molecule has 8 heteroatoms. The summed E-state index contributed by atoms with van der Waals surface area (Å²) < 4.78 is 19.7. The van der Waals surface area contributed by atoms with E-state index >= 15 is 0 Å². The average molecular weight is 386 g/mol. The van der Waals surface area contributed by atoms with Crippen LogP contribution in [0.3, 0.4) is 0 Å². The molecule has 0 saturated carbocycles. The van der Waals surface area contributed by atoms with Crippen LogP contribution in [-0.4, -0.2) is 28.1 Å². The maximum absolute atomic E-state index is 13.4. The summed E-state index contributed by atoms with van der Waals surface area (Å²) in [6, 6.07) is 9.74. The van der Waals surface area contributed by atoms with Crippen molar-refractivity contribution >= 4 is 39.1 Å². The maximum Gasteiger partial charge on any atom is 0.307 e. The molecule has 0 radical (unpaired) electrons. The fraction of sp³-hybridized carbons (Fsp3) is 0.211. The lowest BCUT2D eigenvalue weighted by Gasteiger charge is -2.33. The summed E-state index contributed by atoms with van der Waals surface area (Å²) in [6.45, 7) is 2.05. The number of rotatable bonds is 4. The minimum absolute atomic E-state index is 0.162. The fourth-order valence-electron chi connectivity index (χ4n) is 3.03. The molecule has 0 spiro atoms. The molecule has 0 saturated heterocycles. The molecule has 0 aliphatic carbocycles. The predicted octanol–water partition coefficient (Wildman–Crippen LogP) is 3.51. The molecule has 2 aromatic carbocycles. The summed E-state index contributed by atoms with van der Waals surface area (Å²) >= 11 is 1.30. The largest absolute Gasteiger partial charge is 0.481 e. The number of thiazole rings is 1. The molecule has 1 aliphatic heterocycles. The van der Waals surface area contributed by atoms with Crippen LogP contribution in [0.4, 0.5) is 10.1 Å². The van der Waals surface area contributed by atoms with Gasteiger partial charge in [-0.05, 0) is 42.8 Å². The molecule has 3 aromatic rings. The number of carboxylic acid groups (broad SMARTS) is 1. The van der Waals surface area contributed by atoms with Crippen LogP contribution in [0.15, 0.2) is 36.4 Å². The topological polar surface area (TPSA) is 79.7 Å². The van der Waals surface area contributed by atoms with Crippen LogP contribution in [0.1, 0.15) is 17.0 Å². The van der Waals surface area contributed by atoms with Crippen molar-refractivity contribution in [2.75, 3.05) is 4.90 Å². The van der Waals surface area contributed by atoms with Gasteiger partial charge in [0, 0.05) is 0 Å². The molecule has 1 amide bonds. The Morgan fingerprint density at radius 2 is 2.15 bits per heavy atom. The van der Waals surface area contributed by atoms with Crippen molar-refractivity contribution < 1.29 is 23.8 Å². The van der Waals surface area contributed by atoms with E-state index in [1.165, 1.54) is 28.4 Å². The van der Waals surface area contributed by atoms with Crippen LogP contribution in [-0.2, 0) is 16.1 Å². The normalized spacial score (nSPS) is 16.3. The van der Waals surface area contributed by atoms with Crippen molar-refractivity contribution in [3.8, 4) is 5.75 Å². The lowest BCUT2D eigenvalue weighted by atomic mass is 10.1. The van der Waals surface area contributed by atoms with E-state index in [0.29, 0.717) is 26.7 Å². The smallest absolute Gasteiger partial charge is 0.307 e. The zero-order valence-corrected chi connectivity index (χ0v) is 15.1. The third-order valence-corrected chi connectivity index (χ3v) is 5.27. The van der Waals surface area contributed by atoms with Crippen molar-refractivity contribution in [3.63, 3.8) is 0 Å². The number of carbonyl (C=O) groups is 2. The van der Waals surface area contributed by atoms with Gasteiger partial charge in [0.15, 0.2) is 6.10 Å². The highest BCUT2D eigenvalue weighted by Gasteiger charge is 2.36. The van der Waals surface area contributed by atoms with Crippen LogP contribution >= 0.6 is 11.3 Å². The monoisotopic (exact) mass is 386 g/mol. The summed E-state index contributed by atoms with van der Waals surface area (Å²) in [6.07, 6.45) is -1.52. The first-order valence-corrected chi connectivity index (χ1v) is 9.08. The number of anilines is 1. The quantitative estimate of drug-likeness (QED) is 0.742. The van der Waals surface area contributed by atoms with Crippen molar-refractivity contribution in [3.05, 3.63) is 52.8 Å². The van der Waals surface area contributed by atoms with Crippen molar-refractivity contribution in [2.45, 2.75) is 26.0 Å². The zero-order valence-electron chi connectivity index (χ0n) is 14.3. The Bertz CT molecular complexity index is 1070. The lowest BCUT2D eigenvalue weighted by Crippen LogP contribution is -2.46. The van der Waals surface area contributed by atoms with Gasteiger partial charge < -0.3 is 9.84 Å². The number of halogens is 1. The van der Waals surface area contributed by atoms with Crippen LogP contribution in [0, 0.1) is 12.7 Å². The highest BCUT2D eigenvalue weighted by atomic mass is 32.1. The highest BCUT2D eigenvalue weighted by Crippen LogP contribution is 2.37. The van der Waals surface area contributed by atoms with Crippen molar-refractivity contribution in [1.29, 1.82) is 0 Å². The van der Waals surface area contributed by atoms with E-state index in [1.807, 2.05) is 13.0 Å². The summed E-state index contributed by atoms with van der Waals surface area (Å²) in [5, 5.41) is 9.72. The molecule has 1 aliphatic rings. The molecule has 1 N–H and O–H groups in total. The van der Waals surface area contributed by atoms with E-state index in [9.17, 15) is 14.0 Å². The van der Waals surface area contributed by atoms with Gasteiger partial charge in [-0.15, -0.1) is 11.3 Å². The van der Waals surface area contributed by atoms with Gasteiger partial charge in [-0.2, -0.15) is 0 Å². The lowest BCUT2D eigenvalue weighted by molar-refractivity contribution is -0.142. The number of hydrogen-bond acceptors (Lipinski definition) is 5. The predicted molar refractivity (Wildman–Crippen MR) is 98.6 cm³/mol. The van der Waals surface area contributed by atoms with Gasteiger partial charge in [-0.25, -0.2) is 9.37 Å². The molecule has 1 atom stereocenters. The number of nitrogens with zero attached hydrogens (tertiary/aromatic N) is 2. The molecule has 0 bridgehead atoms. The SMILES string of the molecule is Cc1ccc2c(c1)OC(CC(=O)O)C(=O)N2Cc1nc2ccc(F)cc2s1. The second kappa shape index (κ2) is 6.62. The Balaban J connectivity index is 1.72. The minimum Gasteiger partial charge on any atom is -0.481 e. The number of aromatic nitrogens is 1. The Kier molecular flexibility index (Phi) is 4.27. The number of amides is 1. The van der Waals surface area contributed by atoms with Crippen LogP contribution < -0.4 is 9.64 Å². The van der Waals surface area contributed by atoms with Gasteiger partial charge in [0.25, 0.3) is 5.91 Å². The second-order valence-corrected chi connectivity index (χ2v) is 7.43. The molecule has 0 fully saturated rings. The Labute approximate surface area is 157 Å². The highest BCUT2D eigenvalue weighted by molar-refractivity contribution is 7.18. The third-order valence-electron chi connectivity index (χ3n) is 4.26. The van der Waals surface area contributed by atoms with Crippen LogP contribution in [0.25, 0.3) is 10.2 Å². The van der Waals surface area contributed by atoms with Gasteiger partial charge in [-0.1, -0.05) is 6.07 Å². The first-order chi connectivity index (χ1) is 12.9. The number of benzene rings is 2. The molecule has 4 rings (SSSR count). The van der Waals surface area contributed by atoms with Gasteiger partial charge in [-0.3, -0.25) is 14.5 Å². The number of fused-ring (bicyclic) bond motifs is 2. The Hall–Kier alpha value is -3.00. The summed E-state index contributed by atoms with van der Waals surface area (Å²) in [5.74, 6) is -1.42. The number of carbonyl (C=O) groups excluding carboxylic acids is 1. The molecule has 2 heterocycles. The minimum atomic E-state index is -1.11. The molecule has 138 valence electrons. The number of aliphatic carboxylic acids is 1. The Morgan fingerprint density at radius 3 is 2.93 bits per heavy atom. The van der Waals surface area contributed by atoms with Crippen molar-refractivity contribution in [2.24, 2.45) is 0 Å². The molecule has 1 unspecified atom stereocenters. The first-order valence-electron chi connectivity index (χ1n) is 8.26. The average Bonchev–Trinajstić information content (AvgIpc) is 2.99. The third kappa shape index (κ3) is 3.35. The van der Waals surface area contributed by atoms with Gasteiger partial charge >= 0.3 is 5.97 Å². The molecule has 27 heavy (non-hydrogen) atoms. The maximum atomic E-state index is 13.4. The van der Waals surface area contributed by atoms with Gasteiger partial charge in [0.1, 0.15) is 16.6 Å². The standard InChI is InChI=1S/C19H15FN2O4S/c1-10-2-5-13-14(6-10)26-15(8-18(23)24)19(25)22(13)9-17-21-12-4-3-11(20)7-16(12)27-17/h2-7,15H,8-9H2,1H3,(H,23,24). The molecular weight excluding hydrogens is 371 g/mol. The van der Waals surface area contributed by atoms with Crippen LogP contribution in [0.2, 0.25) is 0 Å². The van der Waals surface area contributed by atoms with E-state index in [2.05, 4.69) is 4.98 Å². The second-order valence-electron chi connectivity index (χ2n) is 6.32. The van der Waals surface area contributed by atoms with E-state index in [0.717, 1.165) is 5.56 Å². The van der Waals surface area contributed by atoms with E-state index in [-0.39, 0.29) is 12.4 Å². The fourth-order valence-corrected chi connectivity index (χ4v) is 4.02. The number of aryl methyl sites for hydroxylation is 1.